The molecule has 0 saturated carbocycles. The zero-order valence-electron chi connectivity index (χ0n) is 13.9. The summed E-state index contributed by atoms with van der Waals surface area (Å²) < 4.78 is 7.49. The van der Waals surface area contributed by atoms with Crippen molar-refractivity contribution in [1.82, 2.24) is 15.1 Å². The van der Waals surface area contributed by atoms with E-state index in [9.17, 15) is 9.59 Å². The number of ether oxygens (including phenoxy) is 1. The fourth-order valence-electron chi connectivity index (χ4n) is 3.16. The van der Waals surface area contributed by atoms with Crippen molar-refractivity contribution in [2.75, 3.05) is 13.2 Å². The number of aryl methyl sites for hydroxylation is 1. The Morgan fingerprint density at radius 2 is 2.35 bits per heavy atom. The standard InChI is InChI=1S/C17H25N3O3/c1-17(2)7-5-12(23-11-17)6-8-18-16(22)13-10-14-15(21)4-3-9-20(14)19-13/h10,12H,3-9,11H2,1-2H3,(H,18,22). The van der Waals surface area contributed by atoms with Crippen LogP contribution in [0.1, 0.15) is 66.9 Å². The topological polar surface area (TPSA) is 73.2 Å². The lowest BCUT2D eigenvalue weighted by atomic mass is 9.85. The fourth-order valence-corrected chi connectivity index (χ4v) is 3.16. The molecule has 1 fully saturated rings. The van der Waals surface area contributed by atoms with Gasteiger partial charge in [0.05, 0.1) is 12.7 Å². The summed E-state index contributed by atoms with van der Waals surface area (Å²) in [5.41, 5.74) is 1.15. The second-order valence-corrected chi connectivity index (χ2v) is 7.35. The summed E-state index contributed by atoms with van der Waals surface area (Å²) in [6.07, 6.45) is 4.57. The van der Waals surface area contributed by atoms with Gasteiger partial charge in [-0.15, -0.1) is 0 Å². The summed E-state index contributed by atoms with van der Waals surface area (Å²) in [4.78, 5) is 24.0. The number of nitrogens with zero attached hydrogens (tertiary/aromatic N) is 2. The number of nitrogens with one attached hydrogen (secondary N) is 1. The highest BCUT2D eigenvalue weighted by molar-refractivity contribution is 5.99. The summed E-state index contributed by atoms with van der Waals surface area (Å²) in [6, 6.07) is 1.61. The average Bonchev–Trinajstić information content (AvgIpc) is 2.94. The summed E-state index contributed by atoms with van der Waals surface area (Å²) in [7, 11) is 0. The molecule has 3 rings (SSSR count). The third kappa shape index (κ3) is 3.80. The first-order valence-corrected chi connectivity index (χ1v) is 8.45. The molecule has 0 radical (unpaired) electrons. The van der Waals surface area contributed by atoms with Crippen LogP contribution in [0.15, 0.2) is 6.07 Å². The van der Waals surface area contributed by atoms with E-state index < -0.39 is 0 Å². The van der Waals surface area contributed by atoms with Gasteiger partial charge < -0.3 is 10.1 Å². The van der Waals surface area contributed by atoms with Gasteiger partial charge in [-0.2, -0.15) is 5.10 Å². The van der Waals surface area contributed by atoms with Gasteiger partial charge in [-0.3, -0.25) is 14.3 Å². The van der Waals surface area contributed by atoms with E-state index in [4.69, 9.17) is 4.74 Å². The summed E-state index contributed by atoms with van der Waals surface area (Å²) in [5, 5.41) is 7.12. The predicted octanol–water partition coefficient (Wildman–Crippen LogP) is 2.18. The summed E-state index contributed by atoms with van der Waals surface area (Å²) in [6.45, 7) is 6.49. The molecule has 126 valence electrons. The van der Waals surface area contributed by atoms with Gasteiger partial charge in [-0.25, -0.2) is 0 Å². The van der Waals surface area contributed by atoms with Crippen LogP contribution in [0.3, 0.4) is 0 Å². The molecule has 0 aliphatic carbocycles. The largest absolute Gasteiger partial charge is 0.378 e. The molecular formula is C17H25N3O3. The van der Waals surface area contributed by atoms with Crippen LogP contribution in [0, 0.1) is 5.41 Å². The van der Waals surface area contributed by atoms with E-state index in [1.54, 1.807) is 10.7 Å². The number of carbonyl (C=O) groups is 2. The fraction of sp³-hybridized carbons (Fsp3) is 0.706. The first-order chi connectivity index (χ1) is 10.9. The van der Waals surface area contributed by atoms with Crippen LogP contribution in [-0.2, 0) is 11.3 Å². The van der Waals surface area contributed by atoms with Crippen molar-refractivity contribution in [2.24, 2.45) is 5.41 Å². The first-order valence-electron chi connectivity index (χ1n) is 8.45. The molecule has 6 heteroatoms. The Labute approximate surface area is 136 Å². The third-order valence-electron chi connectivity index (χ3n) is 4.68. The molecule has 3 heterocycles. The van der Waals surface area contributed by atoms with Gasteiger partial charge in [0.15, 0.2) is 11.5 Å². The Morgan fingerprint density at radius 1 is 1.52 bits per heavy atom. The normalized spacial score (nSPS) is 23.4. The number of carbonyl (C=O) groups excluding carboxylic acids is 2. The predicted molar refractivity (Wildman–Crippen MR) is 85.5 cm³/mol. The maximum absolute atomic E-state index is 12.2. The maximum atomic E-state index is 12.2. The quantitative estimate of drug-likeness (QED) is 0.923. The molecule has 1 amide bonds. The summed E-state index contributed by atoms with van der Waals surface area (Å²) in [5.74, 6) is -0.142. The van der Waals surface area contributed by atoms with Crippen molar-refractivity contribution < 1.29 is 14.3 Å². The Morgan fingerprint density at radius 3 is 3.04 bits per heavy atom. The minimum absolute atomic E-state index is 0.0704. The van der Waals surface area contributed by atoms with E-state index in [1.807, 2.05) is 0 Å². The lowest BCUT2D eigenvalue weighted by molar-refractivity contribution is -0.0506. The number of ketones is 1. The van der Waals surface area contributed by atoms with Crippen LogP contribution in [0.2, 0.25) is 0 Å². The lowest BCUT2D eigenvalue weighted by Crippen LogP contribution is -2.34. The Hall–Kier alpha value is -1.69. The molecule has 2 aliphatic heterocycles. The second-order valence-electron chi connectivity index (χ2n) is 7.35. The first kappa shape index (κ1) is 16.2. The van der Waals surface area contributed by atoms with Crippen LogP contribution in [0.5, 0.6) is 0 Å². The Bertz CT molecular complexity index is 596. The smallest absolute Gasteiger partial charge is 0.271 e. The van der Waals surface area contributed by atoms with Crippen molar-refractivity contribution in [3.63, 3.8) is 0 Å². The van der Waals surface area contributed by atoms with Crippen molar-refractivity contribution in [1.29, 1.82) is 0 Å². The van der Waals surface area contributed by atoms with Crippen LogP contribution in [0.25, 0.3) is 0 Å². The number of amides is 1. The molecular weight excluding hydrogens is 294 g/mol. The zero-order valence-corrected chi connectivity index (χ0v) is 13.9. The van der Waals surface area contributed by atoms with Gasteiger partial charge in [-0.1, -0.05) is 13.8 Å². The molecule has 0 bridgehead atoms. The maximum Gasteiger partial charge on any atom is 0.271 e. The van der Waals surface area contributed by atoms with Crippen molar-refractivity contribution in [3.05, 3.63) is 17.5 Å². The molecule has 0 aromatic carbocycles. The van der Waals surface area contributed by atoms with Crippen molar-refractivity contribution in [3.8, 4) is 0 Å². The number of hydrogen-bond acceptors (Lipinski definition) is 4. The van der Waals surface area contributed by atoms with Crippen molar-refractivity contribution >= 4 is 11.7 Å². The van der Waals surface area contributed by atoms with E-state index in [0.29, 0.717) is 30.9 Å². The third-order valence-corrected chi connectivity index (χ3v) is 4.68. The number of hydrogen-bond donors (Lipinski definition) is 1. The molecule has 2 aliphatic rings. The van der Waals surface area contributed by atoms with Crippen LogP contribution < -0.4 is 5.32 Å². The molecule has 1 saturated heterocycles. The van der Waals surface area contributed by atoms with Gasteiger partial charge in [0, 0.05) is 25.6 Å². The van der Waals surface area contributed by atoms with Crippen molar-refractivity contribution in [2.45, 2.75) is 58.6 Å². The Balaban J connectivity index is 1.48. The molecule has 1 unspecified atom stereocenters. The van der Waals surface area contributed by atoms with Crippen LogP contribution in [0.4, 0.5) is 0 Å². The number of rotatable bonds is 4. The minimum Gasteiger partial charge on any atom is -0.378 e. The van der Waals surface area contributed by atoms with E-state index in [0.717, 1.165) is 32.3 Å². The Kier molecular flexibility index (Phi) is 4.53. The van der Waals surface area contributed by atoms with E-state index >= 15 is 0 Å². The molecule has 1 atom stereocenters. The molecule has 23 heavy (non-hydrogen) atoms. The highest BCUT2D eigenvalue weighted by Gasteiger charge is 2.27. The van der Waals surface area contributed by atoms with Gasteiger partial charge >= 0.3 is 0 Å². The molecule has 6 nitrogen and oxygen atoms in total. The second kappa shape index (κ2) is 6.43. The van der Waals surface area contributed by atoms with Crippen LogP contribution >= 0.6 is 0 Å². The van der Waals surface area contributed by atoms with E-state index in [2.05, 4.69) is 24.3 Å². The monoisotopic (exact) mass is 319 g/mol. The highest BCUT2D eigenvalue weighted by Crippen LogP contribution is 2.30. The van der Waals surface area contributed by atoms with Gasteiger partial charge in [0.1, 0.15) is 5.69 Å². The molecule has 0 spiro atoms. The van der Waals surface area contributed by atoms with E-state index in [-0.39, 0.29) is 23.2 Å². The van der Waals surface area contributed by atoms with Gasteiger partial charge in [0.25, 0.3) is 5.91 Å². The van der Waals surface area contributed by atoms with Gasteiger partial charge in [0.2, 0.25) is 0 Å². The number of fused-ring (bicyclic) bond motifs is 1. The SMILES string of the molecule is CC1(C)CCC(CCNC(=O)c2cc3n(n2)CCCC3=O)OC1. The lowest BCUT2D eigenvalue weighted by Gasteiger charge is -2.34. The average molecular weight is 319 g/mol. The van der Waals surface area contributed by atoms with Crippen LogP contribution in [-0.4, -0.2) is 40.7 Å². The molecule has 1 aromatic heterocycles. The molecule has 1 aromatic rings. The summed E-state index contributed by atoms with van der Waals surface area (Å²) >= 11 is 0. The van der Waals surface area contributed by atoms with E-state index in [1.165, 1.54) is 0 Å². The molecule has 1 N–H and O–H groups in total. The number of aromatic nitrogens is 2. The minimum atomic E-state index is -0.212. The highest BCUT2D eigenvalue weighted by atomic mass is 16.5. The zero-order chi connectivity index (χ0) is 16.4. The van der Waals surface area contributed by atoms with Gasteiger partial charge in [-0.05, 0) is 31.1 Å². The number of Topliss-reactive ketones (excluding diaryl/α,β-unsaturated/α-hetero) is 1.